The molecule has 0 fully saturated rings. The van der Waals surface area contributed by atoms with Gasteiger partial charge >= 0.3 is 21.1 Å². The molecule has 0 spiro atoms. The Morgan fingerprint density at radius 3 is 1.80 bits per heavy atom. The summed E-state index contributed by atoms with van der Waals surface area (Å²) in [6.07, 6.45) is 7.60. The second-order valence-electron chi connectivity index (χ2n) is 10.2. The van der Waals surface area contributed by atoms with E-state index in [-0.39, 0.29) is 21.1 Å². The van der Waals surface area contributed by atoms with E-state index in [9.17, 15) is 0 Å². The minimum Gasteiger partial charge on any atom is -0.346 e. The van der Waals surface area contributed by atoms with Gasteiger partial charge in [-0.2, -0.15) is 0 Å². The van der Waals surface area contributed by atoms with Crippen molar-refractivity contribution in [3.05, 3.63) is 183 Å². The minimum absolute atomic E-state index is 0. The summed E-state index contributed by atoms with van der Waals surface area (Å²) in [4.78, 5) is 11.5. The molecule has 0 amide bonds. The maximum Gasteiger partial charge on any atom is 2.00 e. The van der Waals surface area contributed by atoms with Gasteiger partial charge in [-0.05, 0) is 83.1 Å². The Bertz CT molecular complexity index is 1930. The fourth-order valence-electron chi connectivity index (χ4n) is 5.16. The molecule has 0 aliphatic heterocycles. The van der Waals surface area contributed by atoms with Crippen molar-refractivity contribution in [1.29, 1.82) is 0 Å². The smallest absolute Gasteiger partial charge is 0.346 e. The summed E-state index contributed by atoms with van der Waals surface area (Å²) in [5.74, 6) is 0. The van der Waals surface area contributed by atoms with E-state index in [0.29, 0.717) is 0 Å². The SMILES string of the molecule is C=C.C=C/C(=C\C)c1ccnc(-c2[c-]c(N(c3[c-]c(-c4cc(C)ccn4)ccc3)c3ccc(-c4ccccc4)cc3)ccc2)c1.[Pt+2]. The van der Waals surface area contributed by atoms with E-state index in [4.69, 9.17) is 0 Å². The molecule has 3 nitrogen and oxygen atoms in total. The van der Waals surface area contributed by atoms with Crippen LogP contribution in [0.15, 0.2) is 160 Å². The molecule has 2 aromatic heterocycles. The summed E-state index contributed by atoms with van der Waals surface area (Å²) in [5, 5.41) is 0. The van der Waals surface area contributed by atoms with Gasteiger partial charge in [0.1, 0.15) is 0 Å². The largest absolute Gasteiger partial charge is 2.00 e. The van der Waals surface area contributed by atoms with Gasteiger partial charge in [0.2, 0.25) is 0 Å². The van der Waals surface area contributed by atoms with Crippen molar-refractivity contribution in [2.45, 2.75) is 13.8 Å². The Balaban J connectivity index is 0.00000157. The molecule has 2 heterocycles. The summed E-state index contributed by atoms with van der Waals surface area (Å²) in [5.41, 5.74) is 12.0. The number of pyridine rings is 2. The quantitative estimate of drug-likeness (QED) is 0.0876. The normalized spacial score (nSPS) is 10.6. The summed E-state index contributed by atoms with van der Waals surface area (Å²) in [7, 11) is 0. The number of benzene rings is 4. The minimum atomic E-state index is 0. The molecular weight excluding hydrogens is 742 g/mol. The van der Waals surface area contributed by atoms with E-state index < -0.39 is 0 Å². The number of anilines is 3. The van der Waals surface area contributed by atoms with Gasteiger partial charge in [0.05, 0.1) is 0 Å². The van der Waals surface area contributed by atoms with E-state index in [2.05, 4.69) is 151 Å². The van der Waals surface area contributed by atoms with E-state index in [1.165, 1.54) is 5.56 Å². The predicted molar refractivity (Wildman–Crippen MR) is 191 cm³/mol. The first-order chi connectivity index (χ1) is 22.1. The molecule has 0 atom stereocenters. The van der Waals surface area contributed by atoms with Crippen molar-refractivity contribution in [3.8, 4) is 33.6 Å². The Kier molecular flexibility index (Phi) is 11.9. The van der Waals surface area contributed by atoms with Crippen LogP contribution in [-0.4, -0.2) is 9.97 Å². The average molecular weight is 777 g/mol. The van der Waals surface area contributed by atoms with E-state index in [1.54, 1.807) is 0 Å². The fourth-order valence-corrected chi connectivity index (χ4v) is 5.16. The maximum absolute atomic E-state index is 4.69. The Hall–Kier alpha value is -5.11. The van der Waals surface area contributed by atoms with Gasteiger partial charge in [-0.25, -0.2) is 0 Å². The maximum atomic E-state index is 4.69. The predicted octanol–water partition coefficient (Wildman–Crippen LogP) is 11.2. The van der Waals surface area contributed by atoms with Gasteiger partial charge in [-0.3, -0.25) is 0 Å². The number of aromatic nitrogens is 2. The first-order valence-electron chi connectivity index (χ1n) is 14.8. The van der Waals surface area contributed by atoms with Crippen LogP contribution in [0.4, 0.5) is 17.1 Å². The molecule has 46 heavy (non-hydrogen) atoms. The van der Waals surface area contributed by atoms with Crippen molar-refractivity contribution in [2.75, 3.05) is 4.90 Å². The van der Waals surface area contributed by atoms with Crippen molar-refractivity contribution >= 4 is 22.6 Å². The van der Waals surface area contributed by atoms with Crippen molar-refractivity contribution < 1.29 is 21.1 Å². The molecule has 0 saturated carbocycles. The van der Waals surface area contributed by atoms with Crippen LogP contribution in [0.5, 0.6) is 0 Å². The van der Waals surface area contributed by atoms with Crippen molar-refractivity contribution in [1.82, 2.24) is 9.97 Å². The van der Waals surface area contributed by atoms with E-state index in [0.717, 1.165) is 61.8 Å². The molecule has 0 N–H and O–H groups in total. The number of hydrogen-bond donors (Lipinski definition) is 0. The molecule has 6 aromatic rings. The van der Waals surface area contributed by atoms with Crippen LogP contribution in [-0.2, 0) is 21.1 Å². The number of aryl methyl sites for hydroxylation is 1. The van der Waals surface area contributed by atoms with Crippen LogP contribution in [0.25, 0.3) is 39.2 Å². The topological polar surface area (TPSA) is 29.0 Å². The Labute approximate surface area is 287 Å². The van der Waals surface area contributed by atoms with Gasteiger partial charge in [-0.1, -0.05) is 78.9 Å². The number of nitrogens with zero attached hydrogens (tertiary/aromatic N) is 3. The summed E-state index contributed by atoms with van der Waals surface area (Å²) in [6, 6.07) is 46.9. The van der Waals surface area contributed by atoms with Gasteiger partial charge in [0.15, 0.2) is 0 Å². The summed E-state index contributed by atoms with van der Waals surface area (Å²) in [6.45, 7) is 14.1. The van der Waals surface area contributed by atoms with Gasteiger partial charge in [0, 0.05) is 18.1 Å². The first kappa shape index (κ1) is 33.8. The summed E-state index contributed by atoms with van der Waals surface area (Å²) < 4.78 is 0. The van der Waals surface area contributed by atoms with E-state index >= 15 is 0 Å². The van der Waals surface area contributed by atoms with Crippen LogP contribution < -0.4 is 4.90 Å². The van der Waals surface area contributed by atoms with Gasteiger partial charge in [-0.15, -0.1) is 72.8 Å². The molecule has 4 aromatic carbocycles. The average Bonchev–Trinajstić information content (AvgIpc) is 3.11. The van der Waals surface area contributed by atoms with Gasteiger partial charge < -0.3 is 14.9 Å². The van der Waals surface area contributed by atoms with E-state index in [1.807, 2.05) is 49.7 Å². The van der Waals surface area contributed by atoms with Crippen LogP contribution >= 0.6 is 0 Å². The zero-order valence-corrected chi connectivity index (χ0v) is 28.3. The zero-order chi connectivity index (χ0) is 31.6. The van der Waals surface area contributed by atoms with Crippen LogP contribution in [0, 0.1) is 19.1 Å². The van der Waals surface area contributed by atoms with Crippen LogP contribution in [0.1, 0.15) is 18.1 Å². The third-order valence-electron chi connectivity index (χ3n) is 7.37. The third-order valence-corrected chi connectivity index (χ3v) is 7.37. The molecule has 6 rings (SSSR count). The molecule has 0 aliphatic rings. The van der Waals surface area contributed by atoms with Crippen molar-refractivity contribution in [2.24, 2.45) is 0 Å². The van der Waals surface area contributed by atoms with Crippen molar-refractivity contribution in [3.63, 3.8) is 0 Å². The molecule has 0 radical (unpaired) electrons. The number of hydrogen-bond acceptors (Lipinski definition) is 3. The fraction of sp³-hybridized carbons (Fsp3) is 0.0476. The first-order valence-corrected chi connectivity index (χ1v) is 14.8. The van der Waals surface area contributed by atoms with Gasteiger partial charge in [0.25, 0.3) is 0 Å². The zero-order valence-electron chi connectivity index (χ0n) is 26.1. The second-order valence-corrected chi connectivity index (χ2v) is 10.2. The van der Waals surface area contributed by atoms with Crippen LogP contribution in [0.3, 0.4) is 0 Å². The molecule has 0 aliphatic carbocycles. The molecule has 4 heteroatoms. The third kappa shape index (κ3) is 7.75. The number of rotatable bonds is 8. The standard InChI is InChI=1S/C40H31N3.C2H4.Pt/c1-4-30(5-2)33-22-24-42-40(28-33)35-14-10-16-38(27-35)43(36-19-17-32(18-20-36)31-11-7-6-8-12-31)37-15-9-13-34(26-37)39-25-29(3)21-23-41-39;1-2;/h4-25,28H,1H2,2-3H3;1-2H2;/q-2;;+2/b30-5+;;. The Morgan fingerprint density at radius 1 is 0.674 bits per heavy atom. The number of allylic oxidation sites excluding steroid dienone is 3. The molecular formula is C42H35N3Pt. The molecule has 228 valence electrons. The summed E-state index contributed by atoms with van der Waals surface area (Å²) >= 11 is 0. The molecule has 0 bridgehead atoms. The molecule has 0 unspecified atom stereocenters. The monoisotopic (exact) mass is 776 g/mol. The molecule has 0 saturated heterocycles. The second kappa shape index (κ2) is 16.3. The van der Waals surface area contributed by atoms with Crippen LogP contribution in [0.2, 0.25) is 0 Å². The Morgan fingerprint density at radius 2 is 1.24 bits per heavy atom.